The highest BCUT2D eigenvalue weighted by atomic mass is 35.5. The van der Waals surface area contributed by atoms with Crippen molar-refractivity contribution in [3.05, 3.63) is 34.9 Å². The van der Waals surface area contributed by atoms with E-state index in [1.807, 2.05) is 23.1 Å². The molecule has 2 aliphatic heterocycles. The maximum Gasteiger partial charge on any atom is 0.246 e. The average Bonchev–Trinajstić information content (AvgIpc) is 2.71. The largest absolute Gasteiger partial charge is 0.330 e. The second kappa shape index (κ2) is 7.44. The summed E-state index contributed by atoms with van der Waals surface area (Å²) in [7, 11) is 0. The zero-order valence-corrected chi connectivity index (χ0v) is 16.5. The van der Waals surface area contributed by atoms with Crippen molar-refractivity contribution < 1.29 is 9.59 Å². The average molecular weight is 390 g/mol. The van der Waals surface area contributed by atoms with Crippen LogP contribution in [0.3, 0.4) is 0 Å². The molecule has 0 spiro atoms. The molecule has 6 heteroatoms. The van der Waals surface area contributed by atoms with Gasteiger partial charge in [-0.2, -0.15) is 0 Å². The van der Waals surface area contributed by atoms with Crippen LogP contribution in [0.25, 0.3) is 0 Å². The quantitative estimate of drug-likeness (QED) is 0.864. The lowest BCUT2D eigenvalue weighted by molar-refractivity contribution is -0.160. The highest BCUT2D eigenvalue weighted by Crippen LogP contribution is 2.41. The van der Waals surface area contributed by atoms with Gasteiger partial charge in [0.05, 0.1) is 0 Å². The number of piperidine rings is 1. The van der Waals surface area contributed by atoms with Gasteiger partial charge >= 0.3 is 0 Å². The molecule has 1 saturated carbocycles. The molecule has 2 heterocycles. The van der Waals surface area contributed by atoms with Crippen LogP contribution < -0.4 is 5.73 Å². The predicted molar refractivity (Wildman–Crippen MR) is 106 cm³/mol. The zero-order valence-electron chi connectivity index (χ0n) is 15.7. The first-order chi connectivity index (χ1) is 13.0. The minimum atomic E-state index is -0.228. The fourth-order valence-corrected chi connectivity index (χ4v) is 5.39. The molecule has 3 fully saturated rings. The second-order valence-corrected chi connectivity index (χ2v) is 8.73. The number of nitrogens with zero attached hydrogens (tertiary/aromatic N) is 2. The lowest BCUT2D eigenvalue weighted by Gasteiger charge is -2.48. The summed E-state index contributed by atoms with van der Waals surface area (Å²) in [5.41, 5.74) is 7.30. The van der Waals surface area contributed by atoms with Gasteiger partial charge in [-0.3, -0.25) is 9.59 Å². The van der Waals surface area contributed by atoms with Crippen LogP contribution in [0.5, 0.6) is 0 Å². The molecule has 0 bridgehead atoms. The molecule has 0 radical (unpaired) electrons. The molecule has 4 rings (SSSR count). The number of fused-ring (bicyclic) bond motifs is 1. The molecule has 1 aromatic carbocycles. The van der Waals surface area contributed by atoms with E-state index in [0.29, 0.717) is 6.54 Å². The molecule has 1 atom stereocenters. The number of benzene rings is 1. The van der Waals surface area contributed by atoms with Gasteiger partial charge in [-0.1, -0.05) is 23.7 Å². The summed E-state index contributed by atoms with van der Waals surface area (Å²) in [5, 5.41) is 0.733. The molecule has 3 aliphatic rings. The van der Waals surface area contributed by atoms with Gasteiger partial charge in [0.15, 0.2) is 0 Å². The summed E-state index contributed by atoms with van der Waals surface area (Å²) >= 11 is 6.20. The Morgan fingerprint density at radius 1 is 1.11 bits per heavy atom. The highest BCUT2D eigenvalue weighted by molar-refractivity contribution is 6.30. The fourth-order valence-electron chi connectivity index (χ4n) is 5.20. The predicted octanol–water partition coefficient (Wildman–Crippen LogP) is 2.70. The smallest absolute Gasteiger partial charge is 0.246 e. The van der Waals surface area contributed by atoms with Gasteiger partial charge < -0.3 is 15.5 Å². The van der Waals surface area contributed by atoms with Crippen molar-refractivity contribution in [3.63, 3.8) is 0 Å². The normalized spacial score (nSPS) is 31.8. The van der Waals surface area contributed by atoms with Crippen molar-refractivity contribution in [1.29, 1.82) is 0 Å². The van der Waals surface area contributed by atoms with E-state index in [1.165, 1.54) is 5.56 Å². The third-order valence-corrected chi connectivity index (χ3v) is 7.11. The minimum Gasteiger partial charge on any atom is -0.330 e. The highest BCUT2D eigenvalue weighted by Gasteiger charge is 2.45. The number of hydrogen-bond donors (Lipinski definition) is 1. The molecule has 1 aromatic rings. The van der Waals surface area contributed by atoms with E-state index < -0.39 is 0 Å². The molecule has 146 valence electrons. The van der Waals surface area contributed by atoms with E-state index in [0.717, 1.165) is 56.5 Å². The number of rotatable bonds is 3. The van der Waals surface area contributed by atoms with Crippen molar-refractivity contribution in [3.8, 4) is 0 Å². The number of piperazine rings is 1. The zero-order chi connectivity index (χ0) is 19.0. The van der Waals surface area contributed by atoms with Gasteiger partial charge in [0.1, 0.15) is 12.6 Å². The number of amides is 2. The molecular formula is C21H28ClN3O2. The first kappa shape index (κ1) is 18.8. The van der Waals surface area contributed by atoms with Crippen molar-refractivity contribution in [2.75, 3.05) is 19.6 Å². The maximum atomic E-state index is 13.0. The summed E-state index contributed by atoms with van der Waals surface area (Å²) in [6, 6.07) is 7.90. The van der Waals surface area contributed by atoms with E-state index in [2.05, 4.69) is 6.07 Å². The number of carbonyl (C=O) groups excluding carboxylic acids is 2. The molecule has 1 aliphatic carbocycles. The fraction of sp³-hybridized carbons (Fsp3) is 0.619. The number of nitrogens with two attached hydrogens (primary N) is 1. The van der Waals surface area contributed by atoms with E-state index in [1.54, 1.807) is 4.90 Å². The maximum absolute atomic E-state index is 13.0. The van der Waals surface area contributed by atoms with Gasteiger partial charge in [-0.25, -0.2) is 0 Å². The Hall–Kier alpha value is -1.59. The molecule has 5 nitrogen and oxygen atoms in total. The van der Waals surface area contributed by atoms with Crippen LogP contribution in [-0.2, 0) is 15.0 Å². The van der Waals surface area contributed by atoms with Gasteiger partial charge in [-0.05, 0) is 62.6 Å². The van der Waals surface area contributed by atoms with Crippen molar-refractivity contribution in [2.24, 2.45) is 5.73 Å². The Morgan fingerprint density at radius 3 is 2.59 bits per heavy atom. The summed E-state index contributed by atoms with van der Waals surface area (Å²) in [6.45, 7) is 1.55. The Morgan fingerprint density at radius 2 is 1.89 bits per heavy atom. The Kier molecular flexibility index (Phi) is 5.17. The van der Waals surface area contributed by atoms with Crippen LogP contribution in [-0.4, -0.2) is 53.3 Å². The van der Waals surface area contributed by atoms with Gasteiger partial charge in [0, 0.05) is 29.6 Å². The topological polar surface area (TPSA) is 66.6 Å². The van der Waals surface area contributed by atoms with Crippen LogP contribution in [0.4, 0.5) is 0 Å². The lowest BCUT2D eigenvalue weighted by Crippen LogP contribution is -2.63. The molecule has 2 amide bonds. The first-order valence-electron chi connectivity index (χ1n) is 10.1. The lowest BCUT2D eigenvalue weighted by atomic mass is 9.68. The Bertz CT molecular complexity index is 730. The third-order valence-electron chi connectivity index (χ3n) is 6.88. The van der Waals surface area contributed by atoms with E-state index in [9.17, 15) is 9.59 Å². The molecule has 2 N–H and O–H groups in total. The molecule has 2 saturated heterocycles. The van der Waals surface area contributed by atoms with E-state index in [-0.39, 0.29) is 35.9 Å². The van der Waals surface area contributed by atoms with E-state index in [4.69, 9.17) is 17.3 Å². The standard InChI is InChI=1S/C21H28ClN3O2/c22-16-5-3-4-15(12-16)21(14-23)9-7-17(8-10-21)25-13-19(26)24-11-2-1-6-18(24)20(25)27/h3-5,12,17-18H,1-2,6-11,13-14,23H2/t17?,18-,21?/m0/s1. The summed E-state index contributed by atoms with van der Waals surface area (Å²) in [4.78, 5) is 29.3. The number of carbonyl (C=O) groups is 2. The van der Waals surface area contributed by atoms with Crippen molar-refractivity contribution in [1.82, 2.24) is 9.80 Å². The van der Waals surface area contributed by atoms with Gasteiger partial charge in [0.25, 0.3) is 0 Å². The molecular weight excluding hydrogens is 362 g/mol. The Balaban J connectivity index is 1.48. The molecule has 0 aromatic heterocycles. The van der Waals surface area contributed by atoms with Crippen LogP contribution in [0.2, 0.25) is 5.02 Å². The van der Waals surface area contributed by atoms with Crippen molar-refractivity contribution >= 4 is 23.4 Å². The van der Waals surface area contributed by atoms with Gasteiger partial charge in [0.2, 0.25) is 11.8 Å². The number of hydrogen-bond acceptors (Lipinski definition) is 3. The Labute approximate surface area is 165 Å². The minimum absolute atomic E-state index is 0.0822. The van der Waals surface area contributed by atoms with Crippen molar-refractivity contribution in [2.45, 2.75) is 62.4 Å². The van der Waals surface area contributed by atoms with Gasteiger partial charge in [-0.15, -0.1) is 0 Å². The molecule has 0 unspecified atom stereocenters. The summed E-state index contributed by atoms with van der Waals surface area (Å²) < 4.78 is 0. The van der Waals surface area contributed by atoms with Crippen LogP contribution in [0, 0.1) is 0 Å². The van der Waals surface area contributed by atoms with Crippen LogP contribution in [0.1, 0.15) is 50.5 Å². The summed E-state index contributed by atoms with van der Waals surface area (Å²) in [6.07, 6.45) is 6.46. The van der Waals surface area contributed by atoms with Crippen LogP contribution in [0.15, 0.2) is 24.3 Å². The van der Waals surface area contributed by atoms with Crippen LogP contribution >= 0.6 is 11.6 Å². The molecule has 27 heavy (non-hydrogen) atoms. The number of halogens is 1. The summed E-state index contributed by atoms with van der Waals surface area (Å²) in [5.74, 6) is 0.270. The third kappa shape index (κ3) is 3.36. The first-order valence-corrected chi connectivity index (χ1v) is 10.5. The monoisotopic (exact) mass is 389 g/mol. The second-order valence-electron chi connectivity index (χ2n) is 8.29. The SMILES string of the molecule is NCC1(c2cccc(Cl)c2)CCC(N2CC(=O)N3CCCC[C@H]3C2=O)CC1. The van der Waals surface area contributed by atoms with E-state index >= 15 is 0 Å².